The molecule has 16 heavy (non-hydrogen) atoms. The number of esters is 2. The highest BCUT2D eigenvalue weighted by molar-refractivity contribution is 7.92. The maximum Gasteiger partial charge on any atom is 0.349 e. The molecule has 1 aliphatic heterocycles. The monoisotopic (exact) mass is 241 g/mol. The number of anilines is 1. The molecule has 1 aromatic carbocycles. The van der Waals surface area contributed by atoms with Crippen LogP contribution in [0.5, 0.6) is 0 Å². The Labute approximate surface area is 91.3 Å². The summed E-state index contributed by atoms with van der Waals surface area (Å²) in [5, 5.41) is 0. The molecule has 0 fully saturated rings. The van der Waals surface area contributed by atoms with Crippen molar-refractivity contribution in [2.24, 2.45) is 0 Å². The molecule has 0 saturated heterocycles. The first kappa shape index (κ1) is 10.6. The summed E-state index contributed by atoms with van der Waals surface area (Å²) in [5.74, 6) is -1.61. The molecule has 0 atom stereocenters. The number of hydrogen-bond acceptors (Lipinski definition) is 5. The van der Waals surface area contributed by atoms with Crippen molar-refractivity contribution in [3.63, 3.8) is 0 Å². The quantitative estimate of drug-likeness (QED) is 0.596. The lowest BCUT2D eigenvalue weighted by Gasteiger charge is -2.05. The Balaban J connectivity index is 2.58. The molecular weight excluding hydrogens is 234 g/mol. The Hall–Kier alpha value is -1.89. The molecule has 0 spiro atoms. The maximum absolute atomic E-state index is 11.3. The van der Waals surface area contributed by atoms with E-state index in [9.17, 15) is 18.0 Å². The molecule has 0 bridgehead atoms. The minimum Gasteiger partial charge on any atom is -0.386 e. The predicted molar refractivity (Wildman–Crippen MR) is 54.7 cm³/mol. The summed E-state index contributed by atoms with van der Waals surface area (Å²) in [7, 11) is -3.51. The average molecular weight is 241 g/mol. The van der Waals surface area contributed by atoms with Gasteiger partial charge in [-0.2, -0.15) is 0 Å². The van der Waals surface area contributed by atoms with Crippen LogP contribution in [-0.2, 0) is 14.8 Å². The third-order valence-electron chi connectivity index (χ3n) is 1.97. The minimum atomic E-state index is -3.51. The van der Waals surface area contributed by atoms with Crippen molar-refractivity contribution in [2.75, 3.05) is 11.0 Å². The van der Waals surface area contributed by atoms with E-state index in [-0.39, 0.29) is 16.8 Å². The van der Waals surface area contributed by atoms with Gasteiger partial charge in [0, 0.05) is 0 Å². The first-order valence-corrected chi connectivity index (χ1v) is 6.15. The van der Waals surface area contributed by atoms with Gasteiger partial charge < -0.3 is 4.74 Å². The van der Waals surface area contributed by atoms with Gasteiger partial charge in [0.15, 0.2) is 0 Å². The summed E-state index contributed by atoms with van der Waals surface area (Å²) >= 11 is 0. The van der Waals surface area contributed by atoms with E-state index in [0.29, 0.717) is 0 Å². The van der Waals surface area contributed by atoms with Crippen LogP contribution in [0.4, 0.5) is 5.69 Å². The number of benzene rings is 1. The van der Waals surface area contributed by atoms with Crippen LogP contribution in [0.25, 0.3) is 0 Å². The fourth-order valence-electron chi connectivity index (χ4n) is 1.42. The third kappa shape index (κ3) is 1.76. The van der Waals surface area contributed by atoms with Crippen molar-refractivity contribution in [2.45, 2.75) is 0 Å². The normalized spacial score (nSPS) is 14.6. The Bertz CT molecular complexity index is 590. The minimum absolute atomic E-state index is 0.0436. The second-order valence-corrected chi connectivity index (χ2v) is 5.03. The standard InChI is InChI=1S/C9H7NO5S/c1-16(13,14)10-6-4-2-3-5-7(6)9(12)15-8(5)11/h2-4,10H,1H3. The number of sulfonamides is 1. The Kier molecular flexibility index (Phi) is 2.20. The largest absolute Gasteiger partial charge is 0.386 e. The average Bonchev–Trinajstić information content (AvgIpc) is 2.41. The molecule has 1 aliphatic rings. The van der Waals surface area contributed by atoms with Crippen LogP contribution in [0.3, 0.4) is 0 Å². The molecular formula is C9H7NO5S. The van der Waals surface area contributed by atoms with Crippen LogP contribution in [0.2, 0.25) is 0 Å². The molecule has 0 aliphatic carbocycles. The number of fused-ring (bicyclic) bond motifs is 1. The Morgan fingerprint density at radius 1 is 1.19 bits per heavy atom. The van der Waals surface area contributed by atoms with Gasteiger partial charge in [0.1, 0.15) is 0 Å². The van der Waals surface area contributed by atoms with Gasteiger partial charge in [0.25, 0.3) is 0 Å². The smallest absolute Gasteiger partial charge is 0.349 e. The fourth-order valence-corrected chi connectivity index (χ4v) is 1.99. The summed E-state index contributed by atoms with van der Waals surface area (Å²) in [6.07, 6.45) is 0.953. The molecule has 0 amide bonds. The summed E-state index contributed by atoms with van der Waals surface area (Å²) in [6, 6.07) is 4.25. The molecule has 1 aromatic rings. The Morgan fingerprint density at radius 3 is 2.50 bits per heavy atom. The SMILES string of the molecule is CS(=O)(=O)Nc1cccc2c1C(=O)OC2=O. The fraction of sp³-hybridized carbons (Fsp3) is 0.111. The zero-order valence-electron chi connectivity index (χ0n) is 8.18. The Morgan fingerprint density at radius 2 is 1.88 bits per heavy atom. The van der Waals surface area contributed by atoms with Crippen LogP contribution in [0.15, 0.2) is 18.2 Å². The zero-order valence-corrected chi connectivity index (χ0v) is 9.00. The lowest BCUT2D eigenvalue weighted by molar-refractivity contribution is 0.0444. The van der Waals surface area contributed by atoms with Crippen LogP contribution in [0, 0.1) is 0 Å². The van der Waals surface area contributed by atoms with Crippen LogP contribution in [0.1, 0.15) is 20.7 Å². The molecule has 0 radical (unpaired) electrons. The summed E-state index contributed by atoms with van der Waals surface area (Å²) in [6.45, 7) is 0. The second kappa shape index (κ2) is 3.31. The van der Waals surface area contributed by atoms with Gasteiger partial charge in [-0.05, 0) is 12.1 Å². The molecule has 1 heterocycles. The predicted octanol–water partition coefficient (Wildman–Crippen LogP) is 0.369. The lowest BCUT2D eigenvalue weighted by atomic mass is 10.1. The molecule has 1 N–H and O–H groups in total. The van der Waals surface area contributed by atoms with Crippen LogP contribution >= 0.6 is 0 Å². The highest BCUT2D eigenvalue weighted by Crippen LogP contribution is 2.27. The van der Waals surface area contributed by atoms with Gasteiger partial charge in [0.2, 0.25) is 10.0 Å². The molecule has 84 valence electrons. The molecule has 0 saturated carbocycles. The first-order chi connectivity index (χ1) is 7.38. The van der Waals surface area contributed by atoms with Crippen molar-refractivity contribution in [3.8, 4) is 0 Å². The van der Waals surface area contributed by atoms with E-state index in [0.717, 1.165) is 6.26 Å². The van der Waals surface area contributed by atoms with Gasteiger partial charge in [-0.15, -0.1) is 0 Å². The van der Waals surface area contributed by atoms with Crippen molar-refractivity contribution < 1.29 is 22.7 Å². The van der Waals surface area contributed by atoms with E-state index >= 15 is 0 Å². The van der Waals surface area contributed by atoms with Crippen molar-refractivity contribution >= 4 is 27.6 Å². The number of cyclic esters (lactones) is 2. The summed E-state index contributed by atoms with van der Waals surface area (Å²) in [5.41, 5.74) is 0.0763. The van der Waals surface area contributed by atoms with E-state index < -0.39 is 22.0 Å². The lowest BCUT2D eigenvalue weighted by Crippen LogP contribution is -2.12. The highest BCUT2D eigenvalue weighted by atomic mass is 32.2. The van der Waals surface area contributed by atoms with Crippen molar-refractivity contribution in [1.29, 1.82) is 0 Å². The second-order valence-electron chi connectivity index (χ2n) is 3.28. The van der Waals surface area contributed by atoms with E-state index in [1.54, 1.807) is 0 Å². The zero-order chi connectivity index (χ0) is 11.9. The van der Waals surface area contributed by atoms with Gasteiger partial charge in [-0.3, -0.25) is 4.72 Å². The maximum atomic E-state index is 11.3. The van der Waals surface area contributed by atoms with E-state index in [2.05, 4.69) is 9.46 Å². The number of hydrogen-bond donors (Lipinski definition) is 1. The number of nitrogens with one attached hydrogen (secondary N) is 1. The van der Waals surface area contributed by atoms with Gasteiger partial charge in [0.05, 0.1) is 23.1 Å². The molecule has 0 unspecified atom stereocenters. The third-order valence-corrected chi connectivity index (χ3v) is 2.56. The van der Waals surface area contributed by atoms with Crippen molar-refractivity contribution in [1.82, 2.24) is 0 Å². The highest BCUT2D eigenvalue weighted by Gasteiger charge is 2.32. The number of carbonyl (C=O) groups excluding carboxylic acids is 2. The first-order valence-electron chi connectivity index (χ1n) is 4.26. The molecule has 7 heteroatoms. The molecule has 6 nitrogen and oxygen atoms in total. The van der Waals surface area contributed by atoms with Crippen molar-refractivity contribution in [3.05, 3.63) is 29.3 Å². The van der Waals surface area contributed by atoms with Gasteiger partial charge in [-0.25, -0.2) is 18.0 Å². The van der Waals surface area contributed by atoms with Crippen LogP contribution in [-0.4, -0.2) is 26.6 Å². The molecule has 0 aromatic heterocycles. The number of rotatable bonds is 2. The van der Waals surface area contributed by atoms with E-state index in [4.69, 9.17) is 0 Å². The van der Waals surface area contributed by atoms with Crippen LogP contribution < -0.4 is 4.72 Å². The summed E-state index contributed by atoms with van der Waals surface area (Å²) in [4.78, 5) is 22.5. The van der Waals surface area contributed by atoms with E-state index in [1.807, 2.05) is 0 Å². The molecule has 2 rings (SSSR count). The number of ether oxygens (including phenoxy) is 1. The van der Waals surface area contributed by atoms with E-state index in [1.165, 1.54) is 18.2 Å². The van der Waals surface area contributed by atoms with Gasteiger partial charge in [-0.1, -0.05) is 6.07 Å². The van der Waals surface area contributed by atoms with Gasteiger partial charge >= 0.3 is 11.9 Å². The number of carbonyl (C=O) groups is 2. The topological polar surface area (TPSA) is 89.5 Å². The summed E-state index contributed by atoms with van der Waals surface area (Å²) < 4.78 is 28.6.